The van der Waals surface area contributed by atoms with Crippen molar-refractivity contribution < 1.29 is 18.0 Å². The molecule has 0 aromatic heterocycles. The SMILES string of the molecule is Cc1ccc(S(=O)(=O)N(CC(=O)Nc2cccc(C)c2)C(=O)N2CCCC2)cc1. The minimum absolute atomic E-state index is 0.0148. The van der Waals surface area contributed by atoms with Crippen LogP contribution < -0.4 is 5.32 Å². The number of nitrogens with one attached hydrogen (secondary N) is 1. The first-order valence-electron chi connectivity index (χ1n) is 9.52. The molecule has 7 nitrogen and oxygen atoms in total. The van der Waals surface area contributed by atoms with Crippen LogP contribution in [0.4, 0.5) is 10.5 Å². The number of urea groups is 1. The lowest BCUT2D eigenvalue weighted by atomic mass is 10.2. The van der Waals surface area contributed by atoms with Gasteiger partial charge in [-0.05, 0) is 56.5 Å². The smallest absolute Gasteiger partial charge is 0.325 e. The summed E-state index contributed by atoms with van der Waals surface area (Å²) >= 11 is 0. The van der Waals surface area contributed by atoms with Crippen LogP contribution >= 0.6 is 0 Å². The van der Waals surface area contributed by atoms with E-state index in [1.807, 2.05) is 19.9 Å². The average molecular weight is 416 g/mol. The molecule has 0 saturated carbocycles. The molecule has 0 spiro atoms. The van der Waals surface area contributed by atoms with Gasteiger partial charge in [0.05, 0.1) is 4.90 Å². The van der Waals surface area contributed by atoms with E-state index in [0.29, 0.717) is 23.1 Å². The van der Waals surface area contributed by atoms with Crippen molar-refractivity contribution in [2.24, 2.45) is 0 Å². The van der Waals surface area contributed by atoms with Crippen LogP contribution in [-0.4, -0.2) is 49.2 Å². The third kappa shape index (κ3) is 4.95. The highest BCUT2D eigenvalue weighted by Gasteiger charge is 2.35. The lowest BCUT2D eigenvalue weighted by Crippen LogP contribution is -2.48. The molecule has 29 heavy (non-hydrogen) atoms. The zero-order valence-corrected chi connectivity index (χ0v) is 17.4. The van der Waals surface area contributed by atoms with E-state index in [2.05, 4.69) is 5.32 Å². The van der Waals surface area contributed by atoms with Crippen molar-refractivity contribution in [1.82, 2.24) is 9.21 Å². The lowest BCUT2D eigenvalue weighted by Gasteiger charge is -2.27. The summed E-state index contributed by atoms with van der Waals surface area (Å²) in [4.78, 5) is 27.0. The summed E-state index contributed by atoms with van der Waals surface area (Å²) in [6.45, 7) is 4.12. The molecule has 8 heteroatoms. The summed E-state index contributed by atoms with van der Waals surface area (Å²) in [5.41, 5.74) is 2.41. The Morgan fingerprint density at radius 1 is 1.00 bits per heavy atom. The standard InChI is InChI=1S/C21H25N3O4S/c1-16-8-10-19(11-9-16)29(27,28)24(21(26)23-12-3-4-13-23)15-20(25)22-18-7-5-6-17(2)14-18/h5-11,14H,3-4,12-13,15H2,1-2H3,(H,22,25). The molecule has 3 rings (SSSR count). The third-order valence-corrected chi connectivity index (χ3v) is 6.52. The molecule has 1 saturated heterocycles. The number of aryl methyl sites for hydroxylation is 2. The van der Waals surface area contributed by atoms with Gasteiger partial charge in [-0.1, -0.05) is 29.8 Å². The highest BCUT2D eigenvalue weighted by molar-refractivity contribution is 7.89. The first-order chi connectivity index (χ1) is 13.8. The van der Waals surface area contributed by atoms with Crippen molar-refractivity contribution in [2.75, 3.05) is 25.0 Å². The predicted octanol–water partition coefficient (Wildman–Crippen LogP) is 3.15. The molecule has 0 unspecified atom stereocenters. The van der Waals surface area contributed by atoms with Crippen molar-refractivity contribution in [1.29, 1.82) is 0 Å². The molecule has 3 amide bonds. The van der Waals surface area contributed by atoms with Gasteiger partial charge in [-0.3, -0.25) is 4.79 Å². The van der Waals surface area contributed by atoms with Gasteiger partial charge < -0.3 is 10.2 Å². The molecule has 1 fully saturated rings. The Kier molecular flexibility index (Phi) is 6.22. The van der Waals surface area contributed by atoms with E-state index in [0.717, 1.165) is 24.0 Å². The Morgan fingerprint density at radius 2 is 1.66 bits per heavy atom. The Labute approximate surface area is 171 Å². The highest BCUT2D eigenvalue weighted by Crippen LogP contribution is 2.20. The number of sulfonamides is 1. The molecule has 1 aliphatic heterocycles. The molecule has 0 bridgehead atoms. The number of hydrogen-bond donors (Lipinski definition) is 1. The summed E-state index contributed by atoms with van der Waals surface area (Å²) < 4.78 is 27.0. The maximum Gasteiger partial charge on any atom is 0.334 e. The molecule has 2 aromatic carbocycles. The van der Waals surface area contributed by atoms with Gasteiger partial charge >= 0.3 is 6.03 Å². The van der Waals surface area contributed by atoms with E-state index in [1.54, 1.807) is 30.3 Å². The average Bonchev–Trinajstić information content (AvgIpc) is 3.21. The van der Waals surface area contributed by atoms with Gasteiger partial charge in [0.25, 0.3) is 10.0 Å². The minimum atomic E-state index is -4.17. The zero-order valence-electron chi connectivity index (χ0n) is 16.6. The van der Waals surface area contributed by atoms with Crippen molar-refractivity contribution in [3.05, 3.63) is 59.7 Å². The number of amides is 3. The van der Waals surface area contributed by atoms with Crippen LogP contribution in [0.15, 0.2) is 53.4 Å². The third-order valence-electron chi connectivity index (χ3n) is 4.79. The van der Waals surface area contributed by atoms with Crippen molar-refractivity contribution in [3.8, 4) is 0 Å². The second-order valence-electron chi connectivity index (χ2n) is 7.22. The molecule has 0 aliphatic carbocycles. The molecule has 154 valence electrons. The number of hydrogen-bond acceptors (Lipinski definition) is 4. The number of benzene rings is 2. The molecular weight excluding hydrogens is 390 g/mol. The Hall–Kier alpha value is -2.87. The maximum atomic E-state index is 13.2. The van der Waals surface area contributed by atoms with E-state index in [1.165, 1.54) is 17.0 Å². The fourth-order valence-corrected chi connectivity index (χ4v) is 4.56. The summed E-state index contributed by atoms with van der Waals surface area (Å²) in [6, 6.07) is 12.7. The highest BCUT2D eigenvalue weighted by atomic mass is 32.2. The van der Waals surface area contributed by atoms with E-state index in [-0.39, 0.29) is 4.90 Å². The second kappa shape index (κ2) is 8.65. The monoisotopic (exact) mass is 415 g/mol. The van der Waals surface area contributed by atoms with Crippen molar-refractivity contribution >= 4 is 27.6 Å². The fourth-order valence-electron chi connectivity index (χ4n) is 3.21. The van der Waals surface area contributed by atoms with Gasteiger partial charge in [0, 0.05) is 18.8 Å². The summed E-state index contributed by atoms with van der Waals surface area (Å²) in [5.74, 6) is -0.571. The Balaban J connectivity index is 1.87. The van der Waals surface area contributed by atoms with E-state index in [9.17, 15) is 18.0 Å². The largest absolute Gasteiger partial charge is 0.334 e. The number of carbonyl (C=O) groups excluding carboxylic acids is 2. The molecule has 1 heterocycles. The zero-order chi connectivity index (χ0) is 21.0. The topological polar surface area (TPSA) is 86.8 Å². The summed E-state index contributed by atoms with van der Waals surface area (Å²) in [5, 5.41) is 2.68. The Morgan fingerprint density at radius 3 is 2.28 bits per heavy atom. The van der Waals surface area contributed by atoms with E-state index >= 15 is 0 Å². The number of rotatable bonds is 5. The van der Waals surface area contributed by atoms with Crippen LogP contribution in [-0.2, 0) is 14.8 Å². The molecule has 2 aromatic rings. The van der Waals surface area contributed by atoms with E-state index in [4.69, 9.17) is 0 Å². The predicted molar refractivity (Wildman–Crippen MR) is 111 cm³/mol. The Bertz CT molecular complexity index is 997. The number of nitrogens with zero attached hydrogens (tertiary/aromatic N) is 2. The van der Waals surface area contributed by atoms with Crippen LogP contribution in [0.2, 0.25) is 0 Å². The number of anilines is 1. The van der Waals surface area contributed by atoms with Gasteiger partial charge in [-0.15, -0.1) is 0 Å². The fraction of sp³-hybridized carbons (Fsp3) is 0.333. The normalized spacial score (nSPS) is 13.9. The van der Waals surface area contributed by atoms with Gasteiger partial charge in [0.15, 0.2) is 0 Å². The lowest BCUT2D eigenvalue weighted by molar-refractivity contribution is -0.116. The number of likely N-dealkylation sites (tertiary alicyclic amines) is 1. The van der Waals surface area contributed by atoms with Gasteiger partial charge in [0.2, 0.25) is 5.91 Å². The molecule has 1 aliphatic rings. The quantitative estimate of drug-likeness (QED) is 0.813. The first-order valence-corrected chi connectivity index (χ1v) is 11.0. The molecular formula is C21H25N3O4S. The van der Waals surface area contributed by atoms with Crippen LogP contribution in [0.5, 0.6) is 0 Å². The van der Waals surface area contributed by atoms with Gasteiger partial charge in [0.1, 0.15) is 6.54 Å². The van der Waals surface area contributed by atoms with Gasteiger partial charge in [-0.25, -0.2) is 17.5 Å². The number of carbonyl (C=O) groups is 2. The maximum absolute atomic E-state index is 13.2. The van der Waals surface area contributed by atoms with Crippen LogP contribution in [0.3, 0.4) is 0 Å². The molecule has 0 atom stereocenters. The summed E-state index contributed by atoms with van der Waals surface area (Å²) in [6.07, 6.45) is 1.64. The molecule has 0 radical (unpaired) electrons. The minimum Gasteiger partial charge on any atom is -0.325 e. The van der Waals surface area contributed by atoms with Crippen LogP contribution in [0.25, 0.3) is 0 Å². The summed E-state index contributed by atoms with van der Waals surface area (Å²) in [7, 11) is -4.17. The second-order valence-corrected chi connectivity index (χ2v) is 9.08. The molecule has 1 N–H and O–H groups in total. The first kappa shape index (κ1) is 20.9. The van der Waals surface area contributed by atoms with Crippen molar-refractivity contribution in [2.45, 2.75) is 31.6 Å². The van der Waals surface area contributed by atoms with Crippen LogP contribution in [0, 0.1) is 13.8 Å². The van der Waals surface area contributed by atoms with Crippen molar-refractivity contribution in [3.63, 3.8) is 0 Å². The van der Waals surface area contributed by atoms with E-state index < -0.39 is 28.5 Å². The van der Waals surface area contributed by atoms with Gasteiger partial charge in [-0.2, -0.15) is 0 Å². The van der Waals surface area contributed by atoms with Crippen LogP contribution in [0.1, 0.15) is 24.0 Å².